The molecule has 86 valence electrons. The monoisotopic (exact) mass is 220 g/mol. The smallest absolute Gasteiger partial charge is 0.335 e. The van der Waals surface area contributed by atoms with Crippen LogP contribution in [0, 0.1) is 5.92 Å². The van der Waals surface area contributed by atoms with E-state index in [1.807, 2.05) is 12.1 Å². The van der Waals surface area contributed by atoms with Crippen LogP contribution in [-0.4, -0.2) is 24.3 Å². The fourth-order valence-electron chi connectivity index (χ4n) is 2.29. The third-order valence-electron chi connectivity index (χ3n) is 3.35. The van der Waals surface area contributed by atoms with Gasteiger partial charge in [-0.15, -0.1) is 0 Å². The van der Waals surface area contributed by atoms with Gasteiger partial charge in [0.1, 0.15) is 0 Å². The Kier molecular flexibility index (Phi) is 3.25. The summed E-state index contributed by atoms with van der Waals surface area (Å²) in [6.45, 7) is 3.63. The highest BCUT2D eigenvalue weighted by molar-refractivity contribution is 5.89. The Balaban J connectivity index is 2.27. The zero-order chi connectivity index (χ0) is 11.5. The second-order valence-electron chi connectivity index (χ2n) is 4.30. The first kappa shape index (κ1) is 11.1. The van der Waals surface area contributed by atoms with Crippen LogP contribution in [0.25, 0.3) is 0 Å². The van der Waals surface area contributed by atoms with E-state index in [2.05, 4.69) is 6.92 Å². The van der Waals surface area contributed by atoms with Crippen molar-refractivity contribution in [2.45, 2.75) is 19.3 Å². The summed E-state index contributed by atoms with van der Waals surface area (Å²) in [5.74, 6) is -0.156. The van der Waals surface area contributed by atoms with Gasteiger partial charge in [-0.3, -0.25) is 0 Å². The van der Waals surface area contributed by atoms with Crippen molar-refractivity contribution < 1.29 is 14.6 Å². The zero-order valence-electron chi connectivity index (χ0n) is 9.35. The summed E-state index contributed by atoms with van der Waals surface area (Å²) in [5.41, 5.74) is 1.34. The highest BCUT2D eigenvalue weighted by atomic mass is 16.5. The summed E-state index contributed by atoms with van der Waals surface area (Å²) < 4.78 is 5.35. The van der Waals surface area contributed by atoms with E-state index in [4.69, 9.17) is 9.84 Å². The molecule has 0 aliphatic carbocycles. The number of hydrogen-bond donors (Lipinski definition) is 1. The third kappa shape index (κ3) is 2.09. The molecule has 1 heterocycles. The zero-order valence-corrected chi connectivity index (χ0v) is 9.35. The molecule has 3 nitrogen and oxygen atoms in total. The van der Waals surface area contributed by atoms with Gasteiger partial charge < -0.3 is 9.84 Å². The Hall–Kier alpha value is -1.35. The Bertz CT molecular complexity index is 381. The maximum Gasteiger partial charge on any atom is 0.335 e. The second-order valence-corrected chi connectivity index (χ2v) is 4.30. The van der Waals surface area contributed by atoms with Crippen LogP contribution in [0.2, 0.25) is 0 Å². The molecule has 1 aromatic rings. The van der Waals surface area contributed by atoms with Crippen LogP contribution >= 0.6 is 0 Å². The van der Waals surface area contributed by atoms with Crippen molar-refractivity contribution in [2.75, 3.05) is 13.2 Å². The molecular formula is C13H16O3. The molecule has 0 saturated carbocycles. The van der Waals surface area contributed by atoms with Crippen LogP contribution in [0.3, 0.4) is 0 Å². The molecule has 0 radical (unpaired) electrons. The molecule has 1 aliphatic heterocycles. The Morgan fingerprint density at radius 3 is 2.88 bits per heavy atom. The van der Waals surface area contributed by atoms with Gasteiger partial charge in [0.2, 0.25) is 0 Å². The van der Waals surface area contributed by atoms with Gasteiger partial charge in [0.05, 0.1) is 12.2 Å². The number of hydrogen-bond acceptors (Lipinski definition) is 2. The molecular weight excluding hydrogens is 204 g/mol. The predicted molar refractivity (Wildman–Crippen MR) is 60.7 cm³/mol. The SMILES string of the molecule is CC(c1ccccc1C(=O)O)C1CCOC1. The molecule has 1 fully saturated rings. The minimum Gasteiger partial charge on any atom is -0.478 e. The van der Waals surface area contributed by atoms with Crippen molar-refractivity contribution in [3.63, 3.8) is 0 Å². The van der Waals surface area contributed by atoms with Gasteiger partial charge in [-0.2, -0.15) is 0 Å². The molecule has 2 rings (SSSR count). The highest BCUT2D eigenvalue weighted by Crippen LogP contribution is 2.32. The van der Waals surface area contributed by atoms with E-state index in [-0.39, 0.29) is 5.92 Å². The minimum absolute atomic E-state index is 0.245. The minimum atomic E-state index is -0.846. The second kappa shape index (κ2) is 4.66. The molecule has 2 atom stereocenters. The van der Waals surface area contributed by atoms with Crippen molar-refractivity contribution in [1.29, 1.82) is 0 Å². The van der Waals surface area contributed by atoms with Gasteiger partial charge in [-0.25, -0.2) is 4.79 Å². The van der Waals surface area contributed by atoms with Crippen LogP contribution in [0.1, 0.15) is 35.2 Å². The average molecular weight is 220 g/mol. The first-order valence-electron chi connectivity index (χ1n) is 5.60. The number of rotatable bonds is 3. The molecule has 2 unspecified atom stereocenters. The van der Waals surface area contributed by atoms with E-state index in [0.717, 1.165) is 25.2 Å². The van der Waals surface area contributed by atoms with Crippen molar-refractivity contribution in [3.05, 3.63) is 35.4 Å². The van der Waals surface area contributed by atoms with Gasteiger partial charge in [0, 0.05) is 6.61 Å². The lowest BCUT2D eigenvalue weighted by atomic mass is 9.84. The predicted octanol–water partition coefficient (Wildman–Crippen LogP) is 2.52. The highest BCUT2D eigenvalue weighted by Gasteiger charge is 2.26. The van der Waals surface area contributed by atoms with E-state index in [0.29, 0.717) is 11.5 Å². The largest absolute Gasteiger partial charge is 0.478 e. The average Bonchev–Trinajstić information content (AvgIpc) is 2.81. The lowest BCUT2D eigenvalue weighted by Gasteiger charge is -2.19. The van der Waals surface area contributed by atoms with Crippen LogP contribution in [0.4, 0.5) is 0 Å². The van der Waals surface area contributed by atoms with Gasteiger partial charge in [0.25, 0.3) is 0 Å². The number of aromatic carboxylic acids is 1. The van der Waals surface area contributed by atoms with Crippen LogP contribution in [0.15, 0.2) is 24.3 Å². The van der Waals surface area contributed by atoms with Gasteiger partial charge in [0.15, 0.2) is 0 Å². The topological polar surface area (TPSA) is 46.5 Å². The van der Waals surface area contributed by atoms with Crippen molar-refractivity contribution in [3.8, 4) is 0 Å². The number of carboxylic acids is 1. The summed E-state index contributed by atoms with van der Waals surface area (Å²) in [6.07, 6.45) is 1.02. The van der Waals surface area contributed by atoms with Crippen molar-refractivity contribution >= 4 is 5.97 Å². The van der Waals surface area contributed by atoms with Crippen LogP contribution in [-0.2, 0) is 4.74 Å². The van der Waals surface area contributed by atoms with Gasteiger partial charge in [-0.05, 0) is 29.9 Å². The number of ether oxygens (including phenoxy) is 1. The molecule has 0 spiro atoms. The quantitative estimate of drug-likeness (QED) is 0.851. The number of benzene rings is 1. The van der Waals surface area contributed by atoms with Gasteiger partial charge >= 0.3 is 5.97 Å². The fraction of sp³-hybridized carbons (Fsp3) is 0.462. The maximum absolute atomic E-state index is 11.1. The normalized spacial score (nSPS) is 21.9. The fourth-order valence-corrected chi connectivity index (χ4v) is 2.29. The summed E-state index contributed by atoms with van der Waals surface area (Å²) in [6, 6.07) is 7.25. The summed E-state index contributed by atoms with van der Waals surface area (Å²) in [5, 5.41) is 9.13. The maximum atomic E-state index is 11.1. The van der Waals surface area contributed by atoms with E-state index >= 15 is 0 Å². The molecule has 0 amide bonds. The molecule has 1 saturated heterocycles. The Labute approximate surface area is 95.0 Å². The molecule has 1 N–H and O–H groups in total. The van der Waals surface area contributed by atoms with E-state index < -0.39 is 5.97 Å². The summed E-state index contributed by atoms with van der Waals surface area (Å²) in [7, 11) is 0. The molecule has 0 bridgehead atoms. The lowest BCUT2D eigenvalue weighted by molar-refractivity contribution is 0.0694. The number of carbonyl (C=O) groups is 1. The third-order valence-corrected chi connectivity index (χ3v) is 3.35. The molecule has 16 heavy (non-hydrogen) atoms. The first-order valence-corrected chi connectivity index (χ1v) is 5.60. The summed E-state index contributed by atoms with van der Waals surface area (Å²) in [4.78, 5) is 11.1. The standard InChI is InChI=1S/C13H16O3/c1-9(10-6-7-16-8-10)11-4-2-3-5-12(11)13(14)15/h2-5,9-10H,6-8H2,1H3,(H,14,15). The molecule has 0 aromatic heterocycles. The molecule has 1 aliphatic rings. The lowest BCUT2D eigenvalue weighted by Crippen LogP contribution is -2.13. The number of carboxylic acid groups (broad SMARTS) is 1. The van der Waals surface area contributed by atoms with Gasteiger partial charge in [-0.1, -0.05) is 25.1 Å². The first-order chi connectivity index (χ1) is 7.70. The molecule has 3 heteroatoms. The van der Waals surface area contributed by atoms with Crippen molar-refractivity contribution in [1.82, 2.24) is 0 Å². The summed E-state index contributed by atoms with van der Waals surface area (Å²) >= 11 is 0. The van der Waals surface area contributed by atoms with E-state index in [1.165, 1.54) is 0 Å². The van der Waals surface area contributed by atoms with Crippen molar-refractivity contribution in [2.24, 2.45) is 5.92 Å². The van der Waals surface area contributed by atoms with E-state index in [1.54, 1.807) is 12.1 Å². The molecule has 1 aromatic carbocycles. The van der Waals surface area contributed by atoms with Crippen LogP contribution in [0.5, 0.6) is 0 Å². The Morgan fingerprint density at radius 2 is 2.25 bits per heavy atom. The Morgan fingerprint density at radius 1 is 1.50 bits per heavy atom. The van der Waals surface area contributed by atoms with E-state index in [9.17, 15) is 4.79 Å². The van der Waals surface area contributed by atoms with Crippen LogP contribution < -0.4 is 0 Å².